The molecule has 1 fully saturated rings. The Labute approximate surface area is 125 Å². The van der Waals surface area contributed by atoms with Gasteiger partial charge in [0, 0.05) is 11.7 Å². The molecule has 1 saturated carbocycles. The highest BCUT2D eigenvalue weighted by Crippen LogP contribution is 2.24. The summed E-state index contributed by atoms with van der Waals surface area (Å²) in [7, 11) is 0. The number of hydrogen-bond donors (Lipinski definition) is 3. The van der Waals surface area contributed by atoms with E-state index >= 15 is 0 Å². The fourth-order valence-corrected chi connectivity index (χ4v) is 3.25. The molecule has 1 heterocycles. The van der Waals surface area contributed by atoms with Gasteiger partial charge in [-0.25, -0.2) is 4.79 Å². The molecule has 21 heavy (non-hydrogen) atoms. The predicted molar refractivity (Wildman–Crippen MR) is 80.7 cm³/mol. The maximum atomic E-state index is 12.5. The molecular weight excluding hydrogens is 268 g/mol. The zero-order chi connectivity index (χ0) is 15.6. The largest absolute Gasteiger partial charge is 0.477 e. The van der Waals surface area contributed by atoms with Gasteiger partial charge in [0.05, 0.1) is 5.56 Å². The molecule has 3 N–H and O–H groups in total. The molecular formula is C16H24N2O3. The molecule has 0 aromatic carbocycles. The molecule has 1 aliphatic carbocycles. The third-order valence-corrected chi connectivity index (χ3v) is 4.56. The van der Waals surface area contributed by atoms with Crippen molar-refractivity contribution in [2.45, 2.75) is 58.9 Å². The highest BCUT2D eigenvalue weighted by atomic mass is 16.4. The van der Waals surface area contributed by atoms with Crippen LogP contribution in [0.3, 0.4) is 0 Å². The van der Waals surface area contributed by atoms with Crippen LogP contribution in [0.25, 0.3) is 0 Å². The Kier molecular flexibility index (Phi) is 4.70. The van der Waals surface area contributed by atoms with Crippen molar-refractivity contribution in [1.82, 2.24) is 10.3 Å². The molecule has 0 spiro atoms. The summed E-state index contributed by atoms with van der Waals surface area (Å²) in [5.41, 5.74) is 1.71. The number of aromatic nitrogens is 1. The van der Waals surface area contributed by atoms with Gasteiger partial charge in [0.1, 0.15) is 5.69 Å². The molecule has 1 aromatic rings. The molecule has 0 bridgehead atoms. The van der Waals surface area contributed by atoms with Gasteiger partial charge in [-0.05, 0) is 38.2 Å². The summed E-state index contributed by atoms with van der Waals surface area (Å²) in [5, 5.41) is 12.2. The number of carboxylic acids is 1. The fourth-order valence-electron chi connectivity index (χ4n) is 3.25. The molecule has 0 radical (unpaired) electrons. The Morgan fingerprint density at radius 2 is 1.86 bits per heavy atom. The van der Waals surface area contributed by atoms with Crippen LogP contribution in [0.15, 0.2) is 0 Å². The molecule has 2 unspecified atom stereocenters. The van der Waals surface area contributed by atoms with Crippen molar-refractivity contribution in [1.29, 1.82) is 0 Å². The van der Waals surface area contributed by atoms with E-state index in [0.717, 1.165) is 19.3 Å². The lowest BCUT2D eigenvalue weighted by Crippen LogP contribution is -2.39. The van der Waals surface area contributed by atoms with Crippen LogP contribution >= 0.6 is 0 Å². The quantitative estimate of drug-likeness (QED) is 0.749. The molecule has 1 amide bonds. The number of nitrogens with one attached hydrogen (secondary N) is 2. The molecule has 5 nitrogen and oxygen atoms in total. The van der Waals surface area contributed by atoms with Gasteiger partial charge in [0.2, 0.25) is 0 Å². The van der Waals surface area contributed by atoms with Gasteiger partial charge < -0.3 is 15.4 Å². The predicted octanol–water partition coefficient (Wildman–Crippen LogP) is 3.03. The summed E-state index contributed by atoms with van der Waals surface area (Å²) in [6.07, 6.45) is 5.72. The highest BCUT2D eigenvalue weighted by Gasteiger charge is 2.26. The van der Waals surface area contributed by atoms with Crippen LogP contribution in [0.2, 0.25) is 0 Å². The van der Waals surface area contributed by atoms with Gasteiger partial charge in [-0.15, -0.1) is 0 Å². The van der Waals surface area contributed by atoms with E-state index in [1.54, 1.807) is 13.8 Å². The number of aryl methyl sites for hydroxylation is 1. The van der Waals surface area contributed by atoms with Crippen LogP contribution in [0.1, 0.15) is 71.1 Å². The van der Waals surface area contributed by atoms with Gasteiger partial charge in [-0.1, -0.05) is 26.2 Å². The normalized spacial score (nSPS) is 22.6. The number of rotatable bonds is 3. The summed E-state index contributed by atoms with van der Waals surface area (Å²) in [4.78, 5) is 26.5. The molecule has 2 atom stereocenters. The summed E-state index contributed by atoms with van der Waals surface area (Å²) < 4.78 is 0. The third kappa shape index (κ3) is 3.28. The van der Waals surface area contributed by atoms with E-state index < -0.39 is 5.97 Å². The van der Waals surface area contributed by atoms with Crippen molar-refractivity contribution in [3.05, 3.63) is 22.5 Å². The number of amides is 1. The summed E-state index contributed by atoms with van der Waals surface area (Å²) in [5.74, 6) is -0.722. The number of aromatic amines is 1. The minimum atomic E-state index is -1.03. The highest BCUT2D eigenvalue weighted by molar-refractivity contribution is 6.00. The minimum absolute atomic E-state index is 0.103. The Morgan fingerprint density at radius 3 is 2.48 bits per heavy atom. The molecule has 116 valence electrons. The fraction of sp³-hybridized carbons (Fsp3) is 0.625. The maximum Gasteiger partial charge on any atom is 0.352 e. The van der Waals surface area contributed by atoms with Crippen LogP contribution in [0, 0.1) is 19.8 Å². The zero-order valence-electron chi connectivity index (χ0n) is 13.0. The zero-order valence-corrected chi connectivity index (χ0v) is 13.0. The van der Waals surface area contributed by atoms with Crippen LogP contribution in [-0.2, 0) is 0 Å². The molecule has 1 aliphatic rings. The first-order valence-corrected chi connectivity index (χ1v) is 7.65. The second-order valence-corrected chi connectivity index (χ2v) is 6.13. The second kappa shape index (κ2) is 6.33. The van der Waals surface area contributed by atoms with E-state index in [2.05, 4.69) is 17.2 Å². The van der Waals surface area contributed by atoms with Crippen molar-refractivity contribution in [3.8, 4) is 0 Å². The summed E-state index contributed by atoms with van der Waals surface area (Å²) >= 11 is 0. The Bertz CT molecular complexity index is 548. The number of carboxylic acid groups (broad SMARTS) is 1. The SMILES string of the molecule is Cc1[nH]c(C(=O)O)c(C)c1C(=O)NC1CCCCCC1C. The van der Waals surface area contributed by atoms with Crippen molar-refractivity contribution >= 4 is 11.9 Å². The number of hydrogen-bond acceptors (Lipinski definition) is 2. The van der Waals surface area contributed by atoms with Crippen LogP contribution in [0.5, 0.6) is 0 Å². The Hall–Kier alpha value is -1.78. The van der Waals surface area contributed by atoms with Gasteiger partial charge in [-0.3, -0.25) is 4.79 Å². The van der Waals surface area contributed by atoms with Gasteiger partial charge in [0.25, 0.3) is 5.91 Å². The van der Waals surface area contributed by atoms with Crippen LogP contribution < -0.4 is 5.32 Å². The number of aromatic carboxylic acids is 1. The number of H-pyrrole nitrogens is 1. The number of carbonyl (C=O) groups excluding carboxylic acids is 1. The van der Waals surface area contributed by atoms with Crippen molar-refractivity contribution in [2.24, 2.45) is 5.92 Å². The molecule has 2 rings (SSSR count). The van der Waals surface area contributed by atoms with E-state index in [1.165, 1.54) is 12.8 Å². The average Bonchev–Trinajstić information content (AvgIpc) is 2.57. The van der Waals surface area contributed by atoms with Crippen molar-refractivity contribution < 1.29 is 14.7 Å². The summed E-state index contributed by atoms with van der Waals surface area (Å²) in [6.45, 7) is 5.60. The van der Waals surface area contributed by atoms with E-state index in [9.17, 15) is 9.59 Å². The van der Waals surface area contributed by atoms with Crippen molar-refractivity contribution in [2.75, 3.05) is 0 Å². The molecule has 0 aliphatic heterocycles. The van der Waals surface area contributed by atoms with E-state index in [1.807, 2.05) is 0 Å². The monoisotopic (exact) mass is 292 g/mol. The van der Waals surface area contributed by atoms with Gasteiger partial charge in [-0.2, -0.15) is 0 Å². The smallest absolute Gasteiger partial charge is 0.352 e. The van der Waals surface area contributed by atoms with E-state index in [4.69, 9.17) is 5.11 Å². The van der Waals surface area contributed by atoms with Crippen molar-refractivity contribution in [3.63, 3.8) is 0 Å². The van der Waals surface area contributed by atoms with Gasteiger partial charge >= 0.3 is 5.97 Å². The third-order valence-electron chi connectivity index (χ3n) is 4.56. The van der Waals surface area contributed by atoms with E-state index in [0.29, 0.717) is 22.7 Å². The average molecular weight is 292 g/mol. The van der Waals surface area contributed by atoms with Gasteiger partial charge in [0.15, 0.2) is 0 Å². The molecule has 5 heteroatoms. The summed E-state index contributed by atoms with van der Waals surface area (Å²) in [6, 6.07) is 0.182. The lowest BCUT2D eigenvalue weighted by molar-refractivity contribution is 0.0690. The standard InChI is InChI=1S/C16H24N2O3/c1-9-7-5-4-6-8-12(9)18-15(19)13-10(2)14(16(20)21)17-11(13)3/h9,12,17H,4-8H2,1-3H3,(H,18,19)(H,20,21). The molecule has 0 saturated heterocycles. The van der Waals surface area contributed by atoms with Crippen LogP contribution in [0.4, 0.5) is 0 Å². The minimum Gasteiger partial charge on any atom is -0.477 e. The first kappa shape index (κ1) is 15.6. The lowest BCUT2D eigenvalue weighted by Gasteiger charge is -2.23. The van der Waals surface area contributed by atoms with Crippen LogP contribution in [-0.4, -0.2) is 28.0 Å². The first-order valence-electron chi connectivity index (χ1n) is 7.65. The van der Waals surface area contributed by atoms with E-state index in [-0.39, 0.29) is 17.6 Å². The second-order valence-electron chi connectivity index (χ2n) is 6.13. The Balaban J connectivity index is 2.18. The number of carbonyl (C=O) groups is 2. The lowest BCUT2D eigenvalue weighted by atomic mass is 9.96. The topological polar surface area (TPSA) is 82.2 Å². The first-order chi connectivity index (χ1) is 9.91. The molecule has 1 aromatic heterocycles. The maximum absolute atomic E-state index is 12.5. The Morgan fingerprint density at radius 1 is 1.19 bits per heavy atom.